The van der Waals surface area contributed by atoms with E-state index in [0.29, 0.717) is 25.1 Å². The predicted molar refractivity (Wildman–Crippen MR) is 79.9 cm³/mol. The summed E-state index contributed by atoms with van der Waals surface area (Å²) in [7, 11) is 1.58. The SMILES string of the molecule is CCC1NC(=O)CCN(c2cc(OC)ccc2Br)C1=O. The summed E-state index contributed by atoms with van der Waals surface area (Å²) in [5.74, 6) is 0.492. The fourth-order valence-corrected chi connectivity index (χ4v) is 2.64. The van der Waals surface area contributed by atoms with E-state index in [1.54, 1.807) is 18.1 Å². The number of halogens is 1. The van der Waals surface area contributed by atoms with Gasteiger partial charge in [-0.1, -0.05) is 6.92 Å². The monoisotopic (exact) mass is 340 g/mol. The number of methoxy groups -OCH3 is 1. The van der Waals surface area contributed by atoms with Crippen molar-refractivity contribution in [3.05, 3.63) is 22.7 Å². The molecule has 0 saturated carbocycles. The minimum absolute atomic E-state index is 0.0905. The second-order valence-corrected chi connectivity index (χ2v) is 5.44. The summed E-state index contributed by atoms with van der Waals surface area (Å²) in [4.78, 5) is 25.8. The molecule has 108 valence electrons. The van der Waals surface area contributed by atoms with E-state index in [2.05, 4.69) is 21.2 Å². The topological polar surface area (TPSA) is 58.6 Å². The standard InChI is InChI=1S/C14H17BrN2O3/c1-3-11-14(19)17(7-6-13(18)16-11)12-8-9(20-2)4-5-10(12)15/h4-5,8,11H,3,6-7H2,1-2H3,(H,16,18). The smallest absolute Gasteiger partial charge is 0.249 e. The molecule has 0 spiro atoms. The fraction of sp³-hybridized carbons (Fsp3) is 0.429. The van der Waals surface area contributed by atoms with Crippen LogP contribution in [0.25, 0.3) is 0 Å². The Morgan fingerprint density at radius 3 is 2.85 bits per heavy atom. The molecule has 0 aromatic heterocycles. The molecule has 1 aliphatic rings. The van der Waals surface area contributed by atoms with Crippen LogP contribution in [-0.4, -0.2) is 31.5 Å². The van der Waals surface area contributed by atoms with E-state index in [4.69, 9.17) is 4.74 Å². The van der Waals surface area contributed by atoms with Gasteiger partial charge in [-0.15, -0.1) is 0 Å². The Morgan fingerprint density at radius 2 is 2.20 bits per heavy atom. The molecule has 1 aromatic rings. The Bertz CT molecular complexity index is 533. The molecule has 1 aliphatic heterocycles. The number of benzene rings is 1. The lowest BCUT2D eigenvalue weighted by Crippen LogP contribution is -2.44. The lowest BCUT2D eigenvalue weighted by atomic mass is 10.2. The summed E-state index contributed by atoms with van der Waals surface area (Å²) in [6.45, 7) is 2.25. The zero-order chi connectivity index (χ0) is 14.7. The van der Waals surface area contributed by atoms with E-state index < -0.39 is 6.04 Å². The highest BCUT2D eigenvalue weighted by molar-refractivity contribution is 9.10. The van der Waals surface area contributed by atoms with Crippen LogP contribution in [0.2, 0.25) is 0 Å². The summed E-state index contributed by atoms with van der Waals surface area (Å²) in [6, 6.07) is 4.98. The van der Waals surface area contributed by atoms with Crippen LogP contribution in [0, 0.1) is 0 Å². The molecule has 0 aliphatic carbocycles. The van der Waals surface area contributed by atoms with Crippen molar-refractivity contribution in [2.45, 2.75) is 25.8 Å². The van der Waals surface area contributed by atoms with Crippen LogP contribution in [0.3, 0.4) is 0 Å². The molecule has 1 unspecified atom stereocenters. The third-order valence-corrected chi connectivity index (χ3v) is 3.98. The first-order valence-corrected chi connectivity index (χ1v) is 7.30. The molecule has 20 heavy (non-hydrogen) atoms. The van der Waals surface area contributed by atoms with Gasteiger partial charge in [-0.05, 0) is 34.5 Å². The highest BCUT2D eigenvalue weighted by Crippen LogP contribution is 2.31. The van der Waals surface area contributed by atoms with Crippen LogP contribution in [0.5, 0.6) is 5.75 Å². The molecule has 6 heteroatoms. The Kier molecular flexibility index (Phi) is 4.65. The van der Waals surface area contributed by atoms with E-state index in [1.807, 2.05) is 19.1 Å². The minimum atomic E-state index is -0.469. The highest BCUT2D eigenvalue weighted by Gasteiger charge is 2.30. The molecule has 0 bridgehead atoms. The molecule has 2 amide bonds. The Balaban J connectivity index is 2.39. The lowest BCUT2D eigenvalue weighted by Gasteiger charge is -2.25. The molecule has 5 nitrogen and oxygen atoms in total. The largest absolute Gasteiger partial charge is 0.497 e. The molecule has 1 N–H and O–H groups in total. The summed E-state index contributed by atoms with van der Waals surface area (Å²) in [6.07, 6.45) is 0.870. The van der Waals surface area contributed by atoms with Gasteiger partial charge in [0.05, 0.1) is 12.8 Å². The van der Waals surface area contributed by atoms with Gasteiger partial charge in [0.2, 0.25) is 11.8 Å². The summed E-state index contributed by atoms with van der Waals surface area (Å²) < 4.78 is 6.00. The van der Waals surface area contributed by atoms with Gasteiger partial charge in [0.1, 0.15) is 11.8 Å². The molecular weight excluding hydrogens is 324 g/mol. The zero-order valence-electron chi connectivity index (χ0n) is 11.5. The minimum Gasteiger partial charge on any atom is -0.497 e. The van der Waals surface area contributed by atoms with E-state index in [1.165, 1.54) is 0 Å². The van der Waals surface area contributed by atoms with E-state index >= 15 is 0 Å². The van der Waals surface area contributed by atoms with Gasteiger partial charge in [-0.25, -0.2) is 0 Å². The van der Waals surface area contributed by atoms with Crippen LogP contribution in [0.4, 0.5) is 5.69 Å². The third-order valence-electron chi connectivity index (χ3n) is 3.31. The molecule has 1 saturated heterocycles. The van der Waals surface area contributed by atoms with Crippen molar-refractivity contribution in [3.8, 4) is 5.75 Å². The maximum Gasteiger partial charge on any atom is 0.249 e. The zero-order valence-corrected chi connectivity index (χ0v) is 13.1. The van der Waals surface area contributed by atoms with Gasteiger partial charge in [0.25, 0.3) is 0 Å². The number of anilines is 1. The number of carbonyl (C=O) groups is 2. The van der Waals surface area contributed by atoms with Crippen LogP contribution in [0.15, 0.2) is 22.7 Å². The van der Waals surface area contributed by atoms with Crippen molar-refractivity contribution in [1.82, 2.24) is 5.32 Å². The van der Waals surface area contributed by atoms with Crippen molar-refractivity contribution >= 4 is 33.4 Å². The molecule has 0 radical (unpaired) electrons. The van der Waals surface area contributed by atoms with Crippen molar-refractivity contribution in [2.24, 2.45) is 0 Å². The van der Waals surface area contributed by atoms with Crippen LogP contribution in [0.1, 0.15) is 19.8 Å². The van der Waals surface area contributed by atoms with Crippen molar-refractivity contribution < 1.29 is 14.3 Å². The van der Waals surface area contributed by atoms with Gasteiger partial charge < -0.3 is 15.0 Å². The first kappa shape index (κ1) is 14.8. The maximum absolute atomic E-state index is 12.5. The number of nitrogens with one attached hydrogen (secondary N) is 1. The number of ether oxygens (including phenoxy) is 1. The molecule has 1 fully saturated rings. The molecule has 1 atom stereocenters. The van der Waals surface area contributed by atoms with Crippen molar-refractivity contribution in [2.75, 3.05) is 18.6 Å². The quantitative estimate of drug-likeness (QED) is 0.916. The lowest BCUT2D eigenvalue weighted by molar-refractivity contribution is -0.125. The fourth-order valence-electron chi connectivity index (χ4n) is 2.18. The van der Waals surface area contributed by atoms with Gasteiger partial charge in [0.15, 0.2) is 0 Å². The van der Waals surface area contributed by atoms with Gasteiger partial charge in [-0.3, -0.25) is 9.59 Å². The first-order chi connectivity index (χ1) is 9.56. The third kappa shape index (κ3) is 2.95. The highest BCUT2D eigenvalue weighted by atomic mass is 79.9. The number of hydrogen-bond acceptors (Lipinski definition) is 3. The maximum atomic E-state index is 12.5. The molecular formula is C14H17BrN2O3. The van der Waals surface area contributed by atoms with E-state index in [0.717, 1.165) is 10.2 Å². The Labute approximate surface area is 126 Å². The average molecular weight is 341 g/mol. The van der Waals surface area contributed by atoms with E-state index in [-0.39, 0.29) is 11.8 Å². The Morgan fingerprint density at radius 1 is 1.45 bits per heavy atom. The van der Waals surface area contributed by atoms with Crippen molar-refractivity contribution in [3.63, 3.8) is 0 Å². The van der Waals surface area contributed by atoms with Crippen LogP contribution in [-0.2, 0) is 9.59 Å². The number of rotatable bonds is 3. The van der Waals surface area contributed by atoms with Crippen molar-refractivity contribution in [1.29, 1.82) is 0 Å². The first-order valence-electron chi connectivity index (χ1n) is 6.51. The molecule has 1 heterocycles. The summed E-state index contributed by atoms with van der Waals surface area (Å²) >= 11 is 3.45. The second-order valence-electron chi connectivity index (χ2n) is 4.59. The predicted octanol–water partition coefficient (Wildman–Crippen LogP) is 2.09. The number of nitrogens with zero attached hydrogens (tertiary/aromatic N) is 1. The summed E-state index contributed by atoms with van der Waals surface area (Å²) in [5.41, 5.74) is 0.726. The van der Waals surface area contributed by atoms with Gasteiger partial charge >= 0.3 is 0 Å². The van der Waals surface area contributed by atoms with Crippen LogP contribution < -0.4 is 15.0 Å². The second kappa shape index (κ2) is 6.26. The summed E-state index contributed by atoms with van der Waals surface area (Å²) in [5, 5.41) is 2.75. The average Bonchev–Trinajstić information content (AvgIpc) is 2.59. The van der Waals surface area contributed by atoms with Gasteiger partial charge in [-0.2, -0.15) is 0 Å². The molecule has 2 rings (SSSR count). The number of amides is 2. The Hall–Kier alpha value is -1.56. The van der Waals surface area contributed by atoms with Crippen LogP contribution >= 0.6 is 15.9 Å². The normalized spacial score (nSPS) is 19.6. The van der Waals surface area contributed by atoms with E-state index in [9.17, 15) is 9.59 Å². The number of hydrogen-bond donors (Lipinski definition) is 1. The van der Waals surface area contributed by atoms with Gasteiger partial charge in [0, 0.05) is 23.5 Å². The number of carbonyl (C=O) groups excluding carboxylic acids is 2. The molecule has 1 aromatic carbocycles.